The van der Waals surface area contributed by atoms with Crippen LogP contribution < -0.4 is 4.57 Å². The first-order valence-corrected chi connectivity index (χ1v) is 5.79. The maximum absolute atomic E-state index is 2.30. The molecule has 0 aliphatic rings. The van der Waals surface area contributed by atoms with Crippen molar-refractivity contribution in [2.75, 3.05) is 0 Å². The summed E-state index contributed by atoms with van der Waals surface area (Å²) in [7, 11) is 4.30. The molecule has 0 radical (unpaired) electrons. The van der Waals surface area contributed by atoms with E-state index in [9.17, 15) is 0 Å². The molecular weight excluding hydrogens is 208 g/mol. The fraction of sp³-hybridized carbons (Fsp3) is 0.533. The van der Waals surface area contributed by atoms with E-state index in [-0.39, 0.29) is 7.43 Å². The number of hydrogen-bond donors (Lipinski definition) is 0. The van der Waals surface area contributed by atoms with Gasteiger partial charge in [-0.05, 0) is 38.8 Å². The number of imidazole rings is 1. The van der Waals surface area contributed by atoms with Gasteiger partial charge in [-0.1, -0.05) is 7.43 Å². The zero-order valence-electron chi connectivity index (χ0n) is 11.4. The van der Waals surface area contributed by atoms with Crippen LogP contribution >= 0.6 is 0 Å². The minimum Gasteiger partial charge on any atom is -0.230 e. The normalized spacial score (nSPS) is 10.8. The van der Waals surface area contributed by atoms with Gasteiger partial charge in [0.2, 0.25) is 0 Å². The van der Waals surface area contributed by atoms with Crippen LogP contribution in [-0.2, 0) is 14.1 Å². The zero-order valence-corrected chi connectivity index (χ0v) is 11.4. The lowest BCUT2D eigenvalue weighted by Gasteiger charge is -2.08. The molecule has 0 atom stereocenters. The zero-order chi connectivity index (χ0) is 12.2. The summed E-state index contributed by atoms with van der Waals surface area (Å²) in [6.07, 6.45) is 0. The van der Waals surface area contributed by atoms with Gasteiger partial charge in [-0.2, -0.15) is 0 Å². The Morgan fingerprint density at radius 3 is 1.82 bits per heavy atom. The van der Waals surface area contributed by atoms with Gasteiger partial charge in [-0.25, -0.2) is 9.13 Å². The highest BCUT2D eigenvalue weighted by atomic mass is 15.1. The molecule has 0 aliphatic carbocycles. The van der Waals surface area contributed by atoms with Crippen LogP contribution in [0.4, 0.5) is 0 Å². The Hall–Kier alpha value is -1.31. The molecule has 94 valence electrons. The summed E-state index contributed by atoms with van der Waals surface area (Å²) in [4.78, 5) is 0. The van der Waals surface area contributed by atoms with Crippen LogP contribution in [0.3, 0.4) is 0 Å². The number of fused-ring (bicyclic) bond motifs is 1. The molecule has 0 aliphatic heterocycles. The number of aromatic nitrogens is 2. The van der Waals surface area contributed by atoms with Gasteiger partial charge in [0.15, 0.2) is 11.0 Å². The van der Waals surface area contributed by atoms with Crippen LogP contribution in [0.25, 0.3) is 11.0 Å². The third kappa shape index (κ3) is 1.58. The lowest BCUT2D eigenvalue weighted by Crippen LogP contribution is -2.31. The molecule has 0 amide bonds. The second kappa shape index (κ2) is 4.17. The van der Waals surface area contributed by atoms with Crippen molar-refractivity contribution in [2.24, 2.45) is 14.1 Å². The number of nitrogens with zero attached hydrogens (tertiary/aromatic N) is 2. The average molecular weight is 233 g/mol. The Bertz CT molecular complexity index is 538. The molecule has 1 heterocycles. The van der Waals surface area contributed by atoms with Crippen molar-refractivity contribution >= 4 is 11.0 Å². The predicted octanol–water partition coefficient (Wildman–Crippen LogP) is 3.18. The number of rotatable bonds is 0. The molecule has 2 aromatic rings. The number of aryl methyl sites for hydroxylation is 4. The summed E-state index contributed by atoms with van der Waals surface area (Å²) < 4.78 is 4.59. The monoisotopic (exact) mass is 233 g/mol. The molecule has 0 saturated carbocycles. The second-order valence-corrected chi connectivity index (χ2v) is 4.86. The van der Waals surface area contributed by atoms with E-state index in [1.807, 2.05) is 0 Å². The van der Waals surface area contributed by atoms with Gasteiger partial charge in [-0.15, -0.1) is 0 Å². The molecule has 2 heteroatoms. The van der Waals surface area contributed by atoms with E-state index < -0.39 is 0 Å². The lowest BCUT2D eigenvalue weighted by molar-refractivity contribution is -0.652. The van der Waals surface area contributed by atoms with E-state index in [0.29, 0.717) is 0 Å². The van der Waals surface area contributed by atoms with Crippen LogP contribution in [-0.4, -0.2) is 4.57 Å². The van der Waals surface area contributed by atoms with E-state index in [0.717, 1.165) is 0 Å². The molecule has 0 spiro atoms. The Balaban J connectivity index is 0.00000144. The van der Waals surface area contributed by atoms with E-state index in [2.05, 4.69) is 57.8 Å². The second-order valence-electron chi connectivity index (χ2n) is 4.86. The minimum absolute atomic E-state index is 0. The highest BCUT2D eigenvalue weighted by Gasteiger charge is 2.22. The topological polar surface area (TPSA) is 8.81 Å². The third-order valence-corrected chi connectivity index (χ3v) is 4.26. The van der Waals surface area contributed by atoms with Crippen molar-refractivity contribution in [1.82, 2.24) is 4.57 Å². The van der Waals surface area contributed by atoms with Gasteiger partial charge >= 0.3 is 0 Å². The quantitative estimate of drug-likeness (QED) is 0.618. The SMILES string of the molecule is C.Cc1c(C)c(C)c2c(c1C)n(C)c(C)[n+]2C. The van der Waals surface area contributed by atoms with Crippen LogP contribution in [0.15, 0.2) is 0 Å². The van der Waals surface area contributed by atoms with Crippen LogP contribution in [0, 0.1) is 34.6 Å². The standard InChI is InChI=1S/C14H21N2.CH4/c1-8-9(2)11(4)14-13(10(8)3)15(6)12(5)16(14)7;/h1-7H3;1H4/q+1;. The van der Waals surface area contributed by atoms with E-state index in [4.69, 9.17) is 0 Å². The van der Waals surface area contributed by atoms with Crippen molar-refractivity contribution < 1.29 is 4.57 Å². The Labute approximate surface area is 105 Å². The van der Waals surface area contributed by atoms with Gasteiger partial charge in [-0.3, -0.25) is 0 Å². The first-order chi connectivity index (χ1) is 7.37. The smallest absolute Gasteiger partial charge is 0.230 e. The van der Waals surface area contributed by atoms with Gasteiger partial charge in [0.25, 0.3) is 5.82 Å². The molecule has 0 fully saturated rings. The number of benzene rings is 1. The van der Waals surface area contributed by atoms with Crippen molar-refractivity contribution in [3.63, 3.8) is 0 Å². The van der Waals surface area contributed by atoms with Gasteiger partial charge < -0.3 is 0 Å². The summed E-state index contributed by atoms with van der Waals surface area (Å²) in [6.45, 7) is 11.1. The molecule has 2 rings (SSSR count). The molecule has 0 N–H and O–H groups in total. The Kier molecular flexibility index (Phi) is 3.37. The van der Waals surface area contributed by atoms with Crippen LogP contribution in [0.2, 0.25) is 0 Å². The lowest BCUT2D eigenvalue weighted by atomic mass is 9.97. The summed E-state index contributed by atoms with van der Waals surface area (Å²) in [5.74, 6) is 1.30. The summed E-state index contributed by atoms with van der Waals surface area (Å²) in [5, 5.41) is 0. The molecule has 0 unspecified atom stereocenters. The molecular formula is C15H25N2+. The predicted molar refractivity (Wildman–Crippen MR) is 74.5 cm³/mol. The van der Waals surface area contributed by atoms with Gasteiger partial charge in [0.05, 0.1) is 14.1 Å². The molecule has 0 saturated heterocycles. The fourth-order valence-electron chi connectivity index (χ4n) is 2.64. The summed E-state index contributed by atoms with van der Waals surface area (Å²) >= 11 is 0. The molecule has 1 aromatic carbocycles. The van der Waals surface area contributed by atoms with Gasteiger partial charge in [0.1, 0.15) is 0 Å². The molecule has 0 bridgehead atoms. The first-order valence-electron chi connectivity index (χ1n) is 5.79. The summed E-state index contributed by atoms with van der Waals surface area (Å²) in [5.41, 5.74) is 8.41. The van der Waals surface area contributed by atoms with Crippen molar-refractivity contribution in [3.05, 3.63) is 28.1 Å². The molecule has 1 aromatic heterocycles. The van der Waals surface area contributed by atoms with Gasteiger partial charge in [0, 0.05) is 18.1 Å². The van der Waals surface area contributed by atoms with E-state index in [1.165, 1.54) is 39.1 Å². The van der Waals surface area contributed by atoms with E-state index >= 15 is 0 Å². The number of hydrogen-bond acceptors (Lipinski definition) is 0. The van der Waals surface area contributed by atoms with E-state index in [1.54, 1.807) is 0 Å². The highest BCUT2D eigenvalue weighted by molar-refractivity contribution is 5.82. The van der Waals surface area contributed by atoms with Crippen molar-refractivity contribution in [1.29, 1.82) is 0 Å². The fourth-order valence-corrected chi connectivity index (χ4v) is 2.64. The van der Waals surface area contributed by atoms with Crippen LogP contribution in [0.1, 0.15) is 35.5 Å². The summed E-state index contributed by atoms with van der Waals surface area (Å²) in [6, 6.07) is 0. The maximum atomic E-state index is 2.30. The average Bonchev–Trinajstić information content (AvgIpc) is 2.48. The molecule has 2 nitrogen and oxygen atoms in total. The highest BCUT2D eigenvalue weighted by Crippen LogP contribution is 2.27. The third-order valence-electron chi connectivity index (χ3n) is 4.26. The van der Waals surface area contributed by atoms with Crippen molar-refractivity contribution in [3.8, 4) is 0 Å². The minimum atomic E-state index is 0. The Morgan fingerprint density at radius 1 is 0.824 bits per heavy atom. The maximum Gasteiger partial charge on any atom is 0.253 e. The molecule has 17 heavy (non-hydrogen) atoms. The Morgan fingerprint density at radius 2 is 1.29 bits per heavy atom. The largest absolute Gasteiger partial charge is 0.253 e. The van der Waals surface area contributed by atoms with Crippen LogP contribution in [0.5, 0.6) is 0 Å². The first kappa shape index (κ1) is 13.8. The van der Waals surface area contributed by atoms with Crippen molar-refractivity contribution in [2.45, 2.75) is 42.0 Å².